The van der Waals surface area contributed by atoms with Gasteiger partial charge in [-0.25, -0.2) is 4.79 Å². The van der Waals surface area contributed by atoms with E-state index in [4.69, 9.17) is 16.7 Å². The molecule has 0 aromatic rings. The first-order valence-electron chi connectivity index (χ1n) is 3.82. The van der Waals surface area contributed by atoms with E-state index in [2.05, 4.69) is 9.05 Å². The summed E-state index contributed by atoms with van der Waals surface area (Å²) >= 11 is 4.96. The third kappa shape index (κ3) is 2.67. The van der Waals surface area contributed by atoms with Crippen LogP contribution in [0, 0.1) is 0 Å². The van der Waals surface area contributed by atoms with Crippen molar-refractivity contribution in [2.75, 3.05) is 13.2 Å². The highest BCUT2D eigenvalue weighted by Crippen LogP contribution is 2.63. The molecular formula is C6H11ClFO5P. The molecule has 0 fully saturated rings. The maximum atomic E-state index is 13.3. The molecule has 0 aromatic heterocycles. The van der Waals surface area contributed by atoms with Crippen molar-refractivity contribution in [3.05, 3.63) is 0 Å². The molecule has 8 heteroatoms. The van der Waals surface area contributed by atoms with Gasteiger partial charge in [0.25, 0.3) is 0 Å². The molecule has 0 aliphatic heterocycles. The SMILES string of the molecule is CCOP(=O)(OCC)C(F)(Cl)C(=O)O. The van der Waals surface area contributed by atoms with Gasteiger partial charge in [-0.3, -0.25) is 4.57 Å². The van der Waals surface area contributed by atoms with Gasteiger partial charge in [-0.15, -0.1) is 0 Å². The number of rotatable bonds is 6. The van der Waals surface area contributed by atoms with E-state index in [1.165, 1.54) is 13.8 Å². The number of carboxylic acids is 1. The quantitative estimate of drug-likeness (QED) is 0.576. The molecule has 0 saturated heterocycles. The monoisotopic (exact) mass is 248 g/mol. The number of carboxylic acid groups (broad SMARTS) is 1. The second kappa shape index (κ2) is 5.07. The second-order valence-electron chi connectivity index (χ2n) is 2.18. The van der Waals surface area contributed by atoms with Gasteiger partial charge in [-0.1, -0.05) is 11.6 Å². The van der Waals surface area contributed by atoms with Gasteiger partial charge in [-0.05, 0) is 13.8 Å². The van der Waals surface area contributed by atoms with Crippen molar-refractivity contribution in [2.24, 2.45) is 0 Å². The van der Waals surface area contributed by atoms with Crippen LogP contribution in [0.2, 0.25) is 0 Å². The third-order valence-corrected chi connectivity index (χ3v) is 4.06. The lowest BCUT2D eigenvalue weighted by atomic mass is 10.8. The smallest absolute Gasteiger partial charge is 0.394 e. The summed E-state index contributed by atoms with van der Waals surface area (Å²) in [6, 6.07) is 0. The largest absolute Gasteiger partial charge is 0.477 e. The minimum atomic E-state index is -4.48. The number of carbonyl (C=O) groups is 1. The highest BCUT2D eigenvalue weighted by atomic mass is 35.5. The van der Waals surface area contributed by atoms with E-state index in [0.717, 1.165) is 0 Å². The maximum absolute atomic E-state index is 13.3. The maximum Gasteiger partial charge on any atom is 0.394 e. The first-order chi connectivity index (χ1) is 6.31. The molecule has 14 heavy (non-hydrogen) atoms. The lowest BCUT2D eigenvalue weighted by Crippen LogP contribution is -2.29. The van der Waals surface area contributed by atoms with Crippen LogP contribution in [0.3, 0.4) is 0 Å². The summed E-state index contributed by atoms with van der Waals surface area (Å²) in [6.45, 7) is 2.51. The zero-order valence-corrected chi connectivity index (χ0v) is 9.35. The summed E-state index contributed by atoms with van der Waals surface area (Å²) in [5.74, 6) is -2.09. The Hall–Kier alpha value is -0.160. The van der Waals surface area contributed by atoms with E-state index in [1.807, 2.05) is 0 Å². The van der Waals surface area contributed by atoms with Gasteiger partial charge in [0, 0.05) is 0 Å². The van der Waals surface area contributed by atoms with Crippen LogP contribution in [0.4, 0.5) is 4.39 Å². The van der Waals surface area contributed by atoms with Crippen LogP contribution in [0.25, 0.3) is 0 Å². The molecule has 0 spiro atoms. The normalized spacial score (nSPS) is 16.3. The van der Waals surface area contributed by atoms with Crippen molar-refractivity contribution < 1.29 is 27.9 Å². The summed E-state index contributed by atoms with van der Waals surface area (Å²) in [5.41, 5.74) is 0. The van der Waals surface area contributed by atoms with E-state index < -0.39 is 18.4 Å². The number of halogens is 2. The number of hydrogen-bond acceptors (Lipinski definition) is 4. The van der Waals surface area contributed by atoms with Crippen LogP contribution in [-0.2, 0) is 18.4 Å². The van der Waals surface area contributed by atoms with Crippen LogP contribution >= 0.6 is 19.2 Å². The van der Waals surface area contributed by atoms with Crippen LogP contribution in [0.15, 0.2) is 0 Å². The molecule has 0 radical (unpaired) electrons. The van der Waals surface area contributed by atoms with E-state index in [1.54, 1.807) is 0 Å². The fraction of sp³-hybridized carbons (Fsp3) is 0.833. The fourth-order valence-corrected chi connectivity index (χ4v) is 2.26. The molecule has 84 valence electrons. The molecule has 0 rings (SSSR count). The molecule has 0 aliphatic carbocycles. The summed E-state index contributed by atoms with van der Waals surface area (Å²) in [4.78, 5) is 6.84. The average Bonchev–Trinajstić information content (AvgIpc) is 2.04. The minimum Gasteiger partial charge on any atom is -0.477 e. The molecule has 5 nitrogen and oxygen atoms in total. The summed E-state index contributed by atoms with van der Waals surface area (Å²) in [5, 5.41) is 8.39. The number of hydrogen-bond donors (Lipinski definition) is 1. The van der Waals surface area contributed by atoms with Gasteiger partial charge in [0.15, 0.2) is 0 Å². The standard InChI is InChI=1S/C6H11ClFO5P/c1-3-12-14(11,13-4-2)6(7,8)5(9)10/h3-4H2,1-2H3,(H,9,10). The zero-order valence-electron chi connectivity index (χ0n) is 7.70. The van der Waals surface area contributed by atoms with Gasteiger partial charge < -0.3 is 14.2 Å². The molecule has 0 heterocycles. The Morgan fingerprint density at radius 1 is 1.50 bits per heavy atom. The van der Waals surface area contributed by atoms with Crippen LogP contribution in [0.5, 0.6) is 0 Å². The van der Waals surface area contributed by atoms with Gasteiger partial charge in [-0.2, -0.15) is 4.39 Å². The van der Waals surface area contributed by atoms with Crippen molar-refractivity contribution in [2.45, 2.75) is 18.7 Å². The lowest BCUT2D eigenvalue weighted by Gasteiger charge is -2.23. The van der Waals surface area contributed by atoms with E-state index in [9.17, 15) is 13.8 Å². The van der Waals surface area contributed by atoms with Crippen molar-refractivity contribution in [3.63, 3.8) is 0 Å². The van der Waals surface area contributed by atoms with Gasteiger partial charge in [0.05, 0.1) is 13.2 Å². The minimum absolute atomic E-state index is 0.164. The van der Waals surface area contributed by atoms with Crippen molar-refractivity contribution in [3.8, 4) is 0 Å². The summed E-state index contributed by atoms with van der Waals surface area (Å²) < 4.78 is 33.7. The van der Waals surface area contributed by atoms with Gasteiger partial charge >= 0.3 is 18.4 Å². The second-order valence-corrected chi connectivity index (χ2v) is 5.09. The van der Waals surface area contributed by atoms with E-state index in [0.29, 0.717) is 0 Å². The molecule has 1 unspecified atom stereocenters. The zero-order chi connectivity index (χ0) is 11.4. The Morgan fingerprint density at radius 3 is 2.07 bits per heavy atom. The Balaban J connectivity index is 4.99. The molecule has 0 aliphatic rings. The lowest BCUT2D eigenvalue weighted by molar-refractivity contribution is -0.142. The van der Waals surface area contributed by atoms with Crippen molar-refractivity contribution >= 4 is 25.2 Å². The Morgan fingerprint density at radius 2 is 1.86 bits per heavy atom. The average molecular weight is 249 g/mol. The predicted molar refractivity (Wildman–Crippen MR) is 48.2 cm³/mol. The molecule has 0 aromatic carbocycles. The van der Waals surface area contributed by atoms with E-state index >= 15 is 0 Å². The Bertz CT molecular complexity index is 247. The van der Waals surface area contributed by atoms with Gasteiger partial charge in [0.1, 0.15) is 0 Å². The van der Waals surface area contributed by atoms with Crippen molar-refractivity contribution in [1.29, 1.82) is 0 Å². The first-order valence-corrected chi connectivity index (χ1v) is 5.74. The molecule has 0 amide bonds. The van der Waals surface area contributed by atoms with E-state index in [-0.39, 0.29) is 13.2 Å². The molecule has 0 bridgehead atoms. The predicted octanol–water partition coefficient (Wildman–Crippen LogP) is 2.20. The topological polar surface area (TPSA) is 72.8 Å². The van der Waals surface area contributed by atoms with Crippen LogP contribution in [-0.4, -0.2) is 29.2 Å². The summed E-state index contributed by atoms with van der Waals surface area (Å²) in [6.07, 6.45) is 0. The summed E-state index contributed by atoms with van der Waals surface area (Å²) in [7, 11) is -4.48. The molecule has 1 N–H and O–H groups in total. The number of alkyl halides is 2. The Labute approximate surface area is 85.7 Å². The first kappa shape index (κ1) is 13.8. The fourth-order valence-electron chi connectivity index (χ4n) is 0.656. The van der Waals surface area contributed by atoms with Crippen LogP contribution < -0.4 is 0 Å². The van der Waals surface area contributed by atoms with Crippen molar-refractivity contribution in [1.82, 2.24) is 0 Å². The highest BCUT2D eigenvalue weighted by molar-refractivity contribution is 7.58. The molecule has 0 saturated carbocycles. The molecule has 1 atom stereocenters. The van der Waals surface area contributed by atoms with Gasteiger partial charge in [0.2, 0.25) is 0 Å². The molecular weight excluding hydrogens is 237 g/mol. The third-order valence-electron chi connectivity index (χ3n) is 1.20. The highest BCUT2D eigenvalue weighted by Gasteiger charge is 2.57. The number of aliphatic carboxylic acids is 1. The van der Waals surface area contributed by atoms with Crippen LogP contribution in [0.1, 0.15) is 13.8 Å². The Kier molecular flexibility index (Phi) is 5.01.